The molecule has 10 heteroatoms. The summed E-state index contributed by atoms with van der Waals surface area (Å²) in [4.78, 5) is 61.8. The minimum absolute atomic E-state index is 0.210. The molecule has 0 bridgehead atoms. The Labute approximate surface area is 357 Å². The molecule has 0 radical (unpaired) electrons. The first-order valence-electron chi connectivity index (χ1n) is 20.7. The molecule has 1 aliphatic rings. The fraction of sp³-hybridized carbons (Fsp3) is 0.0189. The Morgan fingerprint density at radius 1 is 0.460 bits per heavy atom. The summed E-state index contributed by atoms with van der Waals surface area (Å²) in [7, 11) is 0. The Balaban J connectivity index is 1.11. The number of rotatable bonds is 6. The minimum Gasteiger partial charge on any atom is -0.296 e. The number of amides is 2. The van der Waals surface area contributed by atoms with Crippen LogP contribution in [0.2, 0.25) is 0 Å². The van der Waals surface area contributed by atoms with Gasteiger partial charge in [-0.05, 0) is 84.2 Å². The second-order valence-corrected chi connectivity index (χ2v) is 15.8. The maximum atomic E-state index is 15.4. The molecule has 0 fully saturated rings. The van der Waals surface area contributed by atoms with Crippen molar-refractivity contribution in [3.05, 3.63) is 209 Å². The van der Waals surface area contributed by atoms with Crippen LogP contribution in [-0.2, 0) is 6.42 Å². The maximum Gasteiger partial charge on any atom is 0.266 e. The van der Waals surface area contributed by atoms with Crippen molar-refractivity contribution in [3.63, 3.8) is 0 Å². The fourth-order valence-electron chi connectivity index (χ4n) is 9.72. The number of benzene rings is 8. The Bertz CT molecular complexity index is 3940. The maximum absolute atomic E-state index is 15.4. The number of carbonyl (C=O) groups excluding carboxylic acids is 2. The number of nitrogens with zero attached hydrogens (tertiary/aromatic N) is 7. The molecule has 0 saturated carbocycles. The van der Waals surface area contributed by atoms with E-state index in [1.165, 1.54) is 4.90 Å². The molecule has 0 N–H and O–H groups in total. The van der Waals surface area contributed by atoms with Gasteiger partial charge in [-0.3, -0.25) is 27.9 Å². The molecule has 12 aromatic rings. The molecule has 0 aliphatic carbocycles. The predicted octanol–water partition coefficient (Wildman–Crippen LogP) is 10.3. The first-order chi connectivity index (χ1) is 31.0. The zero-order chi connectivity index (χ0) is 41.9. The van der Waals surface area contributed by atoms with Gasteiger partial charge in [0.15, 0.2) is 5.82 Å². The van der Waals surface area contributed by atoms with Crippen molar-refractivity contribution in [1.82, 2.24) is 28.5 Å². The number of anilines is 1. The molecule has 0 unspecified atom stereocenters. The summed E-state index contributed by atoms with van der Waals surface area (Å²) in [6, 6.07) is 56.3. The second-order valence-electron chi connectivity index (χ2n) is 15.8. The minimum atomic E-state index is -0.452. The van der Waals surface area contributed by atoms with Crippen LogP contribution in [0.4, 0.5) is 5.69 Å². The highest BCUT2D eigenvalue weighted by atomic mass is 16.2. The van der Waals surface area contributed by atoms with Gasteiger partial charge < -0.3 is 0 Å². The third-order valence-electron chi connectivity index (χ3n) is 12.4. The number of fused-ring (bicyclic) bond motifs is 5. The molecule has 0 saturated heterocycles. The molecular weight excluding hydrogens is 783 g/mol. The van der Waals surface area contributed by atoms with Gasteiger partial charge in [-0.1, -0.05) is 97.1 Å². The van der Waals surface area contributed by atoms with Crippen molar-refractivity contribution in [2.75, 3.05) is 4.90 Å². The van der Waals surface area contributed by atoms with E-state index in [1.807, 2.05) is 152 Å². The van der Waals surface area contributed by atoms with Crippen LogP contribution in [0, 0.1) is 0 Å². The Kier molecular flexibility index (Phi) is 7.30. The van der Waals surface area contributed by atoms with Gasteiger partial charge in [-0.15, -0.1) is 0 Å². The molecular formula is C53H31N7O3. The number of pyridine rings is 1. The highest BCUT2D eigenvalue weighted by molar-refractivity contribution is 6.39. The Hall–Kier alpha value is -8.76. The van der Waals surface area contributed by atoms with Crippen molar-refractivity contribution in [2.45, 2.75) is 6.42 Å². The van der Waals surface area contributed by atoms with E-state index in [1.54, 1.807) is 28.7 Å². The van der Waals surface area contributed by atoms with Crippen molar-refractivity contribution in [1.29, 1.82) is 0 Å². The number of imidazole rings is 3. The lowest BCUT2D eigenvalue weighted by Crippen LogP contribution is -2.40. The standard InChI is InChI=1S/C53H31N7O3/c61-51-36-28-29-38-47-37(52(62)60(53(38)63)41-25-13-15-31-14-7-8-20-34(31)41)27-26-35(46(36)47)49-56-48(50-55-40-22-10-12-24-43(40)58(50)33-18-5-2-6-19-33)44(59(49)51)30-45-54-39-21-9-11-23-42(39)57(45)32-16-3-1-4-17-32/h1-29H,30H2. The third kappa shape index (κ3) is 4.94. The number of imide groups is 1. The number of carbonyl (C=O) groups is 2. The lowest BCUT2D eigenvalue weighted by Gasteiger charge is -2.28. The molecule has 4 aromatic heterocycles. The van der Waals surface area contributed by atoms with Crippen LogP contribution >= 0.6 is 0 Å². The summed E-state index contributed by atoms with van der Waals surface area (Å²) in [6.07, 6.45) is 0.210. The van der Waals surface area contributed by atoms with Crippen molar-refractivity contribution >= 4 is 77.5 Å². The largest absolute Gasteiger partial charge is 0.296 e. The Morgan fingerprint density at radius 2 is 1.05 bits per heavy atom. The van der Waals surface area contributed by atoms with Crippen LogP contribution in [0.1, 0.15) is 32.2 Å². The molecule has 1 aliphatic heterocycles. The molecule has 0 spiro atoms. The molecule has 0 atom stereocenters. The van der Waals surface area contributed by atoms with Crippen molar-refractivity contribution in [3.8, 4) is 22.9 Å². The summed E-state index contributed by atoms with van der Waals surface area (Å²) in [6.45, 7) is 0. The molecule has 5 heterocycles. The number of para-hydroxylation sites is 6. The monoisotopic (exact) mass is 813 g/mol. The van der Waals surface area contributed by atoms with Crippen LogP contribution in [-0.4, -0.2) is 40.3 Å². The van der Waals surface area contributed by atoms with E-state index < -0.39 is 11.8 Å². The average Bonchev–Trinajstić information content (AvgIpc) is 4.02. The summed E-state index contributed by atoms with van der Waals surface area (Å²) < 4.78 is 5.90. The summed E-state index contributed by atoms with van der Waals surface area (Å²) >= 11 is 0. The van der Waals surface area contributed by atoms with Gasteiger partial charge >= 0.3 is 0 Å². The third-order valence-corrected chi connectivity index (χ3v) is 12.4. The van der Waals surface area contributed by atoms with Crippen molar-refractivity contribution in [2.24, 2.45) is 0 Å². The van der Waals surface area contributed by atoms with E-state index in [2.05, 4.69) is 9.13 Å². The molecule has 13 rings (SSSR count). The van der Waals surface area contributed by atoms with E-state index in [0.717, 1.165) is 44.2 Å². The molecule has 10 nitrogen and oxygen atoms in total. The molecule has 8 aromatic carbocycles. The van der Waals surface area contributed by atoms with E-state index in [9.17, 15) is 9.59 Å². The van der Waals surface area contributed by atoms with Crippen LogP contribution < -0.4 is 10.5 Å². The van der Waals surface area contributed by atoms with Gasteiger partial charge in [0.05, 0.1) is 33.4 Å². The topological polar surface area (TPSA) is 107 Å². The van der Waals surface area contributed by atoms with Crippen LogP contribution in [0.5, 0.6) is 0 Å². The first kappa shape index (κ1) is 35.0. The van der Waals surface area contributed by atoms with E-state index in [-0.39, 0.29) is 12.0 Å². The number of hydrogen-bond acceptors (Lipinski definition) is 6. The van der Waals surface area contributed by atoms with Gasteiger partial charge in [0.1, 0.15) is 17.2 Å². The quantitative estimate of drug-likeness (QED) is 0.155. The fourth-order valence-corrected chi connectivity index (χ4v) is 9.72. The number of aromatic nitrogens is 6. The predicted molar refractivity (Wildman–Crippen MR) is 247 cm³/mol. The van der Waals surface area contributed by atoms with Crippen LogP contribution in [0.25, 0.3) is 82.9 Å². The van der Waals surface area contributed by atoms with E-state index >= 15 is 4.79 Å². The highest BCUT2D eigenvalue weighted by Gasteiger charge is 2.37. The van der Waals surface area contributed by atoms with Gasteiger partial charge in [0, 0.05) is 55.9 Å². The van der Waals surface area contributed by atoms with Gasteiger partial charge in [-0.2, -0.15) is 0 Å². The summed E-state index contributed by atoms with van der Waals surface area (Å²) in [5, 5.41) is 3.68. The SMILES string of the molecule is O=C1c2ccc3c(=O)n4c(Cc5nc6ccccc6n5-c5ccccc5)c(-c5nc6ccccc6n5-c5ccccc5)nc4c4ccc(c2c34)C(=O)N1c1cccc2ccccc12. The first-order valence-corrected chi connectivity index (χ1v) is 20.7. The van der Waals surface area contributed by atoms with Crippen LogP contribution in [0.15, 0.2) is 181 Å². The lowest BCUT2D eigenvalue weighted by atomic mass is 9.89. The molecule has 63 heavy (non-hydrogen) atoms. The average molecular weight is 814 g/mol. The summed E-state index contributed by atoms with van der Waals surface area (Å²) in [5.74, 6) is 0.366. The Morgan fingerprint density at radius 3 is 1.78 bits per heavy atom. The molecule has 2 amide bonds. The smallest absolute Gasteiger partial charge is 0.266 e. The molecule has 296 valence electrons. The van der Waals surface area contributed by atoms with Crippen molar-refractivity contribution < 1.29 is 9.59 Å². The summed E-state index contributed by atoms with van der Waals surface area (Å²) in [5.41, 5.74) is 7.58. The van der Waals surface area contributed by atoms with E-state index in [0.29, 0.717) is 67.0 Å². The number of hydrogen-bond donors (Lipinski definition) is 0. The highest BCUT2D eigenvalue weighted by Crippen LogP contribution is 2.41. The van der Waals surface area contributed by atoms with Crippen LogP contribution in [0.3, 0.4) is 0 Å². The van der Waals surface area contributed by atoms with E-state index in [4.69, 9.17) is 15.0 Å². The van der Waals surface area contributed by atoms with Gasteiger partial charge in [-0.25, -0.2) is 19.9 Å². The zero-order valence-corrected chi connectivity index (χ0v) is 33.3. The normalized spacial score (nSPS) is 12.9. The van der Waals surface area contributed by atoms with Gasteiger partial charge in [0.2, 0.25) is 0 Å². The second kappa shape index (κ2) is 13.1. The lowest BCUT2D eigenvalue weighted by molar-refractivity contribution is 0.0894. The zero-order valence-electron chi connectivity index (χ0n) is 33.3. The van der Waals surface area contributed by atoms with Gasteiger partial charge in [0.25, 0.3) is 17.4 Å².